The Bertz CT molecular complexity index is 102. The third-order valence-electron chi connectivity index (χ3n) is 2.21. The maximum Gasteiger partial charge on any atom is 0.000661 e. The van der Waals surface area contributed by atoms with Crippen molar-refractivity contribution in [2.24, 2.45) is 5.92 Å². The van der Waals surface area contributed by atoms with E-state index in [1.807, 2.05) is 0 Å². The highest BCUT2D eigenvalue weighted by Gasteiger charge is 2.22. The van der Waals surface area contributed by atoms with Gasteiger partial charge in [-0.15, -0.1) is 0 Å². The van der Waals surface area contributed by atoms with Crippen LogP contribution < -0.4 is 0 Å². The Morgan fingerprint density at radius 3 is 2.64 bits per heavy atom. The number of hydrogen-bond donors (Lipinski definition) is 1. The molecule has 0 aliphatic heterocycles. The molecule has 0 aromatic heterocycles. The van der Waals surface area contributed by atoms with Gasteiger partial charge in [0.1, 0.15) is 0 Å². The van der Waals surface area contributed by atoms with Crippen molar-refractivity contribution < 1.29 is 0 Å². The summed E-state index contributed by atoms with van der Waals surface area (Å²) in [5.41, 5.74) is 0. The van der Waals surface area contributed by atoms with Gasteiger partial charge in [-0.2, -0.15) is 12.6 Å². The summed E-state index contributed by atoms with van der Waals surface area (Å²) in [5.74, 6) is 2.08. The lowest BCUT2D eigenvalue weighted by molar-refractivity contribution is 0.315. The summed E-state index contributed by atoms with van der Waals surface area (Å²) >= 11 is 4.19. The summed E-state index contributed by atoms with van der Waals surface area (Å²) in [7, 11) is 2.23. The van der Waals surface area contributed by atoms with Crippen LogP contribution in [0.5, 0.6) is 0 Å². The van der Waals surface area contributed by atoms with Crippen LogP contribution in [0.15, 0.2) is 0 Å². The summed E-state index contributed by atoms with van der Waals surface area (Å²) in [6.45, 7) is 2.59. The SMILES string of the molecule is CN(CCCCS)CC1CC1. The van der Waals surface area contributed by atoms with E-state index in [2.05, 4.69) is 24.6 Å². The number of hydrogen-bond acceptors (Lipinski definition) is 2. The third-order valence-corrected chi connectivity index (χ3v) is 2.53. The molecular weight excluding hydrogens is 154 g/mol. The first-order valence-electron chi connectivity index (χ1n) is 4.62. The second kappa shape index (κ2) is 5.04. The Morgan fingerprint density at radius 2 is 2.09 bits per heavy atom. The van der Waals surface area contributed by atoms with Gasteiger partial charge in [0, 0.05) is 6.54 Å². The van der Waals surface area contributed by atoms with Crippen LogP contribution in [0.25, 0.3) is 0 Å². The van der Waals surface area contributed by atoms with E-state index in [0.29, 0.717) is 0 Å². The zero-order valence-electron chi connectivity index (χ0n) is 7.42. The number of nitrogens with zero attached hydrogens (tertiary/aromatic N) is 1. The fourth-order valence-electron chi connectivity index (χ4n) is 1.33. The summed E-state index contributed by atoms with van der Waals surface area (Å²) in [6.07, 6.45) is 5.51. The van der Waals surface area contributed by atoms with E-state index in [4.69, 9.17) is 0 Å². The zero-order chi connectivity index (χ0) is 8.10. The van der Waals surface area contributed by atoms with Gasteiger partial charge in [-0.3, -0.25) is 0 Å². The van der Waals surface area contributed by atoms with E-state index in [1.165, 1.54) is 38.8 Å². The second-order valence-corrected chi connectivity index (χ2v) is 4.08. The molecule has 11 heavy (non-hydrogen) atoms. The summed E-state index contributed by atoms with van der Waals surface area (Å²) in [6, 6.07) is 0. The van der Waals surface area contributed by atoms with Gasteiger partial charge in [-0.1, -0.05) is 0 Å². The molecule has 1 rings (SSSR count). The first-order valence-corrected chi connectivity index (χ1v) is 5.25. The van der Waals surface area contributed by atoms with Gasteiger partial charge in [0.2, 0.25) is 0 Å². The van der Waals surface area contributed by atoms with Gasteiger partial charge < -0.3 is 4.90 Å². The minimum atomic E-state index is 1.04. The molecule has 0 amide bonds. The molecule has 0 N–H and O–H groups in total. The highest BCUT2D eigenvalue weighted by molar-refractivity contribution is 7.80. The first-order chi connectivity index (χ1) is 5.33. The quantitative estimate of drug-likeness (QED) is 0.475. The van der Waals surface area contributed by atoms with Crippen LogP contribution >= 0.6 is 12.6 Å². The predicted octanol–water partition coefficient (Wildman–Crippen LogP) is 2.04. The predicted molar refractivity (Wildman–Crippen MR) is 53.3 cm³/mol. The van der Waals surface area contributed by atoms with Crippen LogP contribution in [0.3, 0.4) is 0 Å². The molecule has 1 nitrogen and oxygen atoms in total. The molecule has 0 bridgehead atoms. The second-order valence-electron chi connectivity index (χ2n) is 3.64. The van der Waals surface area contributed by atoms with E-state index < -0.39 is 0 Å². The van der Waals surface area contributed by atoms with Crippen LogP contribution in [-0.2, 0) is 0 Å². The number of unbranched alkanes of at least 4 members (excludes halogenated alkanes) is 1. The van der Waals surface area contributed by atoms with Gasteiger partial charge in [-0.25, -0.2) is 0 Å². The van der Waals surface area contributed by atoms with Gasteiger partial charge in [0.15, 0.2) is 0 Å². The minimum absolute atomic E-state index is 1.04. The van der Waals surface area contributed by atoms with Crippen molar-refractivity contribution in [1.82, 2.24) is 4.90 Å². The summed E-state index contributed by atoms with van der Waals surface area (Å²) < 4.78 is 0. The Hall–Kier alpha value is 0.310. The highest BCUT2D eigenvalue weighted by atomic mass is 32.1. The summed E-state index contributed by atoms with van der Waals surface area (Å²) in [5, 5.41) is 0. The van der Waals surface area contributed by atoms with E-state index in [0.717, 1.165) is 11.7 Å². The van der Waals surface area contributed by atoms with Crippen molar-refractivity contribution in [2.45, 2.75) is 25.7 Å². The first kappa shape index (κ1) is 9.40. The molecule has 0 atom stereocenters. The largest absolute Gasteiger partial charge is 0.306 e. The molecule has 0 saturated heterocycles. The maximum atomic E-state index is 4.19. The van der Waals surface area contributed by atoms with E-state index in [9.17, 15) is 0 Å². The highest BCUT2D eigenvalue weighted by Crippen LogP contribution is 2.29. The van der Waals surface area contributed by atoms with Crippen LogP contribution in [-0.4, -0.2) is 30.8 Å². The molecule has 0 aromatic rings. The monoisotopic (exact) mass is 173 g/mol. The van der Waals surface area contributed by atoms with Crippen LogP contribution in [0.4, 0.5) is 0 Å². The standard InChI is InChI=1S/C9H19NS/c1-10(6-2-3-7-11)8-9-4-5-9/h9,11H,2-8H2,1H3. The lowest BCUT2D eigenvalue weighted by Gasteiger charge is -2.15. The van der Waals surface area contributed by atoms with Gasteiger partial charge in [-0.05, 0) is 50.9 Å². The third kappa shape index (κ3) is 4.70. The van der Waals surface area contributed by atoms with E-state index in [-0.39, 0.29) is 0 Å². The topological polar surface area (TPSA) is 3.24 Å². The fourth-order valence-corrected chi connectivity index (χ4v) is 1.55. The number of thiol groups is 1. The number of rotatable bonds is 6. The lowest BCUT2D eigenvalue weighted by Crippen LogP contribution is -2.22. The van der Waals surface area contributed by atoms with E-state index in [1.54, 1.807) is 0 Å². The zero-order valence-corrected chi connectivity index (χ0v) is 8.32. The summed E-state index contributed by atoms with van der Waals surface area (Å²) in [4.78, 5) is 2.46. The molecule has 1 fully saturated rings. The van der Waals surface area contributed by atoms with Gasteiger partial charge in [0.05, 0.1) is 0 Å². The van der Waals surface area contributed by atoms with Crippen LogP contribution in [0, 0.1) is 5.92 Å². The molecular formula is C9H19NS. The van der Waals surface area contributed by atoms with Crippen molar-refractivity contribution in [1.29, 1.82) is 0 Å². The average Bonchev–Trinajstić information content (AvgIpc) is 2.72. The van der Waals surface area contributed by atoms with Crippen LogP contribution in [0.2, 0.25) is 0 Å². The molecule has 2 heteroatoms. The molecule has 0 unspecified atom stereocenters. The fraction of sp³-hybridized carbons (Fsp3) is 1.00. The minimum Gasteiger partial charge on any atom is -0.306 e. The van der Waals surface area contributed by atoms with Crippen molar-refractivity contribution in [3.63, 3.8) is 0 Å². The molecule has 0 spiro atoms. The Morgan fingerprint density at radius 1 is 1.36 bits per heavy atom. The molecule has 0 aromatic carbocycles. The van der Waals surface area contributed by atoms with Crippen molar-refractivity contribution in [3.05, 3.63) is 0 Å². The van der Waals surface area contributed by atoms with Gasteiger partial charge in [0.25, 0.3) is 0 Å². The lowest BCUT2D eigenvalue weighted by atomic mass is 10.3. The average molecular weight is 173 g/mol. The normalized spacial score (nSPS) is 17.7. The van der Waals surface area contributed by atoms with Gasteiger partial charge >= 0.3 is 0 Å². The smallest absolute Gasteiger partial charge is 0.000661 e. The molecule has 0 radical (unpaired) electrons. The Labute approximate surface area is 75.6 Å². The molecule has 1 saturated carbocycles. The van der Waals surface area contributed by atoms with E-state index >= 15 is 0 Å². The molecule has 66 valence electrons. The molecule has 1 aliphatic carbocycles. The van der Waals surface area contributed by atoms with Crippen molar-refractivity contribution >= 4 is 12.6 Å². The maximum absolute atomic E-state index is 4.19. The van der Waals surface area contributed by atoms with Crippen molar-refractivity contribution in [3.8, 4) is 0 Å². The molecule has 1 aliphatic rings. The van der Waals surface area contributed by atoms with Crippen molar-refractivity contribution in [2.75, 3.05) is 25.9 Å². The Kier molecular flexibility index (Phi) is 4.31. The Balaban J connectivity index is 1.87. The van der Waals surface area contributed by atoms with Crippen LogP contribution in [0.1, 0.15) is 25.7 Å². The molecule has 0 heterocycles.